The molecule has 1 aliphatic heterocycles. The maximum absolute atomic E-state index is 13.0. The lowest BCUT2D eigenvalue weighted by atomic mass is 9.90. The highest BCUT2D eigenvalue weighted by molar-refractivity contribution is 5.98. The van der Waals surface area contributed by atoms with Crippen molar-refractivity contribution in [2.75, 3.05) is 11.4 Å². The van der Waals surface area contributed by atoms with Gasteiger partial charge in [0.2, 0.25) is 0 Å². The summed E-state index contributed by atoms with van der Waals surface area (Å²) in [7, 11) is 0. The van der Waals surface area contributed by atoms with Crippen molar-refractivity contribution in [1.29, 1.82) is 0 Å². The molecule has 2 rings (SSSR count). The molecule has 1 unspecified atom stereocenters. The quantitative estimate of drug-likeness (QED) is 0.906. The number of aliphatic imine (C=N–C) groups is 1. The second kappa shape index (κ2) is 5.19. The van der Waals surface area contributed by atoms with Crippen LogP contribution in [0.15, 0.2) is 29.3 Å². The lowest BCUT2D eigenvalue weighted by Crippen LogP contribution is -2.50. The molecule has 19 heavy (non-hydrogen) atoms. The normalized spacial score (nSPS) is 23.0. The standard InChI is InChI=1S/C15H22FN3/c1-11(2)8-9-15(3)10-18-14(17)19(15)13-6-4-12(16)5-7-13/h4-7,11H,8-10H2,1-3H3,(H2,17,18). The highest BCUT2D eigenvalue weighted by Crippen LogP contribution is 2.33. The molecule has 0 spiro atoms. The minimum Gasteiger partial charge on any atom is -0.369 e. The molecule has 1 aliphatic rings. The molecule has 0 aromatic heterocycles. The summed E-state index contributed by atoms with van der Waals surface area (Å²) in [6, 6.07) is 6.45. The van der Waals surface area contributed by atoms with Crippen LogP contribution in [0.4, 0.5) is 10.1 Å². The van der Waals surface area contributed by atoms with Gasteiger partial charge in [-0.05, 0) is 49.9 Å². The van der Waals surface area contributed by atoms with Gasteiger partial charge in [-0.1, -0.05) is 13.8 Å². The molecule has 0 saturated carbocycles. The summed E-state index contributed by atoms with van der Waals surface area (Å²) in [5.74, 6) is 0.939. The number of guanidine groups is 1. The Hall–Kier alpha value is -1.58. The number of nitrogens with zero attached hydrogens (tertiary/aromatic N) is 2. The van der Waals surface area contributed by atoms with E-state index in [9.17, 15) is 4.39 Å². The molecule has 0 radical (unpaired) electrons. The van der Waals surface area contributed by atoms with Gasteiger partial charge in [-0.25, -0.2) is 4.39 Å². The molecule has 1 aromatic carbocycles. The van der Waals surface area contributed by atoms with Crippen LogP contribution in [0, 0.1) is 11.7 Å². The summed E-state index contributed by atoms with van der Waals surface area (Å²) in [6.07, 6.45) is 2.14. The number of rotatable bonds is 4. The average Bonchev–Trinajstić information content (AvgIpc) is 2.65. The van der Waals surface area contributed by atoms with E-state index in [1.807, 2.05) is 4.90 Å². The predicted molar refractivity (Wildman–Crippen MR) is 77.8 cm³/mol. The van der Waals surface area contributed by atoms with Crippen molar-refractivity contribution in [3.63, 3.8) is 0 Å². The number of hydrogen-bond acceptors (Lipinski definition) is 3. The number of anilines is 1. The number of benzene rings is 1. The Balaban J connectivity index is 2.23. The Morgan fingerprint density at radius 1 is 1.37 bits per heavy atom. The minimum absolute atomic E-state index is 0.105. The highest BCUT2D eigenvalue weighted by atomic mass is 19.1. The first-order chi connectivity index (χ1) is 8.92. The highest BCUT2D eigenvalue weighted by Gasteiger charge is 2.38. The first kappa shape index (κ1) is 13.8. The summed E-state index contributed by atoms with van der Waals surface area (Å²) >= 11 is 0. The van der Waals surface area contributed by atoms with E-state index in [1.165, 1.54) is 12.1 Å². The third-order valence-electron chi connectivity index (χ3n) is 3.70. The van der Waals surface area contributed by atoms with Crippen LogP contribution in [0.3, 0.4) is 0 Å². The second-order valence-corrected chi connectivity index (χ2v) is 5.92. The molecule has 2 N–H and O–H groups in total. The first-order valence-corrected chi connectivity index (χ1v) is 6.78. The summed E-state index contributed by atoms with van der Waals surface area (Å²) in [4.78, 5) is 6.41. The van der Waals surface area contributed by atoms with Gasteiger partial charge in [0.1, 0.15) is 5.82 Å². The van der Waals surface area contributed by atoms with Crippen molar-refractivity contribution < 1.29 is 4.39 Å². The lowest BCUT2D eigenvalue weighted by molar-refractivity contribution is 0.407. The van der Waals surface area contributed by atoms with E-state index < -0.39 is 0 Å². The summed E-state index contributed by atoms with van der Waals surface area (Å²) in [5.41, 5.74) is 6.82. The number of nitrogens with two attached hydrogens (primary N) is 1. The van der Waals surface area contributed by atoms with Crippen molar-refractivity contribution >= 4 is 11.6 Å². The van der Waals surface area contributed by atoms with Crippen molar-refractivity contribution in [1.82, 2.24) is 0 Å². The zero-order chi connectivity index (χ0) is 14.0. The molecule has 0 amide bonds. The van der Waals surface area contributed by atoms with Gasteiger partial charge in [0.15, 0.2) is 5.96 Å². The van der Waals surface area contributed by atoms with Crippen molar-refractivity contribution in [2.24, 2.45) is 16.6 Å². The molecule has 0 bridgehead atoms. The molecular formula is C15H22FN3. The SMILES string of the molecule is CC(C)CCC1(C)CN=C(N)N1c1ccc(F)cc1. The Bertz CT molecular complexity index is 467. The van der Waals surface area contributed by atoms with Crippen molar-refractivity contribution in [3.8, 4) is 0 Å². The average molecular weight is 263 g/mol. The molecule has 1 atom stereocenters. The molecular weight excluding hydrogens is 241 g/mol. The van der Waals surface area contributed by atoms with Gasteiger partial charge >= 0.3 is 0 Å². The molecule has 1 heterocycles. The van der Waals surface area contributed by atoms with E-state index >= 15 is 0 Å². The summed E-state index contributed by atoms with van der Waals surface area (Å²) in [6.45, 7) is 7.29. The van der Waals surface area contributed by atoms with Crippen LogP contribution < -0.4 is 10.6 Å². The third-order valence-corrected chi connectivity index (χ3v) is 3.70. The van der Waals surface area contributed by atoms with Crippen LogP contribution in [0.25, 0.3) is 0 Å². The van der Waals surface area contributed by atoms with Crippen LogP contribution in [-0.2, 0) is 0 Å². The van der Waals surface area contributed by atoms with Crippen molar-refractivity contribution in [3.05, 3.63) is 30.1 Å². The Morgan fingerprint density at radius 2 is 2.00 bits per heavy atom. The van der Waals surface area contributed by atoms with Crippen LogP contribution >= 0.6 is 0 Å². The van der Waals surface area contributed by atoms with E-state index in [1.54, 1.807) is 12.1 Å². The topological polar surface area (TPSA) is 41.6 Å². The Kier molecular flexibility index (Phi) is 3.78. The molecule has 0 aliphatic carbocycles. The van der Waals surface area contributed by atoms with Crippen LogP contribution in [-0.4, -0.2) is 18.0 Å². The van der Waals surface area contributed by atoms with Gasteiger partial charge in [0, 0.05) is 5.69 Å². The minimum atomic E-state index is -0.234. The maximum Gasteiger partial charge on any atom is 0.196 e. The molecule has 4 heteroatoms. The van der Waals surface area contributed by atoms with Gasteiger partial charge in [-0.3, -0.25) is 4.99 Å². The molecule has 0 fully saturated rings. The van der Waals surface area contributed by atoms with Crippen LogP contribution in [0.5, 0.6) is 0 Å². The number of hydrogen-bond donors (Lipinski definition) is 1. The van der Waals surface area contributed by atoms with Gasteiger partial charge in [-0.15, -0.1) is 0 Å². The number of halogens is 1. The predicted octanol–water partition coefficient (Wildman–Crippen LogP) is 3.16. The summed E-state index contributed by atoms with van der Waals surface area (Å²) in [5, 5.41) is 0. The van der Waals surface area contributed by atoms with E-state index in [4.69, 9.17) is 5.73 Å². The van der Waals surface area contributed by atoms with Gasteiger partial charge < -0.3 is 10.6 Å². The fourth-order valence-electron chi connectivity index (χ4n) is 2.49. The van der Waals surface area contributed by atoms with E-state index in [2.05, 4.69) is 25.8 Å². The monoisotopic (exact) mass is 263 g/mol. The maximum atomic E-state index is 13.0. The molecule has 1 aromatic rings. The molecule has 3 nitrogen and oxygen atoms in total. The zero-order valence-corrected chi connectivity index (χ0v) is 11.9. The molecule has 0 saturated heterocycles. The zero-order valence-electron chi connectivity index (χ0n) is 11.9. The van der Waals surface area contributed by atoms with Crippen molar-refractivity contribution in [2.45, 2.75) is 39.2 Å². The fraction of sp³-hybridized carbons (Fsp3) is 0.533. The van der Waals surface area contributed by atoms with Crippen LogP contribution in [0.1, 0.15) is 33.6 Å². The van der Waals surface area contributed by atoms with Gasteiger partial charge in [0.25, 0.3) is 0 Å². The fourth-order valence-corrected chi connectivity index (χ4v) is 2.49. The Labute approximate surface area is 114 Å². The van der Waals surface area contributed by atoms with E-state index in [0.717, 1.165) is 18.5 Å². The third kappa shape index (κ3) is 2.88. The Morgan fingerprint density at radius 3 is 2.58 bits per heavy atom. The largest absolute Gasteiger partial charge is 0.369 e. The second-order valence-electron chi connectivity index (χ2n) is 5.92. The van der Waals surface area contributed by atoms with Gasteiger partial charge in [0.05, 0.1) is 12.1 Å². The van der Waals surface area contributed by atoms with E-state index in [0.29, 0.717) is 18.4 Å². The van der Waals surface area contributed by atoms with Crippen LogP contribution in [0.2, 0.25) is 0 Å². The van der Waals surface area contributed by atoms with Gasteiger partial charge in [-0.2, -0.15) is 0 Å². The first-order valence-electron chi connectivity index (χ1n) is 6.78. The molecule has 104 valence electrons. The smallest absolute Gasteiger partial charge is 0.196 e. The van der Waals surface area contributed by atoms with E-state index in [-0.39, 0.29) is 11.4 Å². The lowest BCUT2D eigenvalue weighted by Gasteiger charge is -2.36. The summed E-state index contributed by atoms with van der Waals surface area (Å²) < 4.78 is 13.0.